The molecule has 5 N–H and O–H groups in total. The molecule has 2 aromatic rings. The van der Waals surface area contributed by atoms with Gasteiger partial charge in [-0.25, -0.2) is 0 Å². The molecule has 3 saturated heterocycles. The van der Waals surface area contributed by atoms with Gasteiger partial charge in [0.05, 0.1) is 46.2 Å². The van der Waals surface area contributed by atoms with Crippen LogP contribution in [-0.2, 0) is 14.2 Å². The number of phenolic OH excluding ortho intramolecular Hbond substituents is 1. The number of benzene rings is 2. The number of ether oxygens (including phenoxy) is 6. The Balaban J connectivity index is 1.32. The first kappa shape index (κ1) is 26.0. The van der Waals surface area contributed by atoms with E-state index in [1.165, 1.54) is 14.2 Å². The van der Waals surface area contributed by atoms with Crippen LogP contribution in [0.15, 0.2) is 36.4 Å². The predicted octanol–water partition coefficient (Wildman–Crippen LogP) is 0.663. The molecule has 5 rings (SSSR count). The molecular formula is C26H32O11. The topological polar surface area (TPSA) is 157 Å². The average molecular weight is 521 g/mol. The van der Waals surface area contributed by atoms with Crippen LogP contribution in [0.4, 0.5) is 0 Å². The molecule has 0 bridgehead atoms. The summed E-state index contributed by atoms with van der Waals surface area (Å²) in [7, 11) is 2.98. The van der Waals surface area contributed by atoms with E-state index in [1.807, 2.05) is 12.1 Å². The number of aliphatic hydroxyl groups excluding tert-OH is 4. The summed E-state index contributed by atoms with van der Waals surface area (Å²) >= 11 is 0. The Morgan fingerprint density at radius 3 is 1.97 bits per heavy atom. The molecule has 0 aromatic heterocycles. The number of methoxy groups -OCH3 is 2. The van der Waals surface area contributed by atoms with Crippen LogP contribution in [-0.4, -0.2) is 90.3 Å². The summed E-state index contributed by atoms with van der Waals surface area (Å²) in [6, 6.07) is 10.5. The monoisotopic (exact) mass is 520 g/mol. The SMILES string of the molecule is COc1cc([C@@H]2OC[C@@H]3[C@H]2CO[C@H]3c2ccc(O[C@@H]3O[C@H](CO)[C@H](O)[C@H](O)[C@H]3O)c(OC)c2)ccc1O. The fourth-order valence-corrected chi connectivity index (χ4v) is 5.35. The molecule has 3 heterocycles. The zero-order chi connectivity index (χ0) is 26.3. The van der Waals surface area contributed by atoms with E-state index in [0.717, 1.165) is 11.1 Å². The van der Waals surface area contributed by atoms with Gasteiger partial charge in [0.2, 0.25) is 6.29 Å². The quantitative estimate of drug-likeness (QED) is 0.349. The highest BCUT2D eigenvalue weighted by Gasteiger charge is 2.49. The van der Waals surface area contributed by atoms with Crippen molar-refractivity contribution in [1.82, 2.24) is 0 Å². The molecule has 0 spiro atoms. The molecule has 0 saturated carbocycles. The second-order valence-corrected chi connectivity index (χ2v) is 9.49. The van der Waals surface area contributed by atoms with Crippen LogP contribution >= 0.6 is 0 Å². The number of aliphatic hydroxyl groups is 4. The number of fused-ring (bicyclic) bond motifs is 1. The predicted molar refractivity (Wildman–Crippen MR) is 126 cm³/mol. The first-order valence-electron chi connectivity index (χ1n) is 12.1. The van der Waals surface area contributed by atoms with E-state index in [9.17, 15) is 25.5 Å². The van der Waals surface area contributed by atoms with E-state index in [4.69, 9.17) is 28.4 Å². The van der Waals surface area contributed by atoms with E-state index in [0.29, 0.717) is 24.7 Å². The molecule has 37 heavy (non-hydrogen) atoms. The van der Waals surface area contributed by atoms with Gasteiger partial charge < -0.3 is 54.0 Å². The van der Waals surface area contributed by atoms with Crippen LogP contribution in [0.1, 0.15) is 23.3 Å². The molecule has 2 aromatic carbocycles. The highest BCUT2D eigenvalue weighted by molar-refractivity contribution is 5.45. The maximum atomic E-state index is 10.3. The maximum absolute atomic E-state index is 10.3. The average Bonchev–Trinajstić information content (AvgIpc) is 3.52. The number of rotatable bonds is 7. The standard InChI is InChI=1S/C26H32O11/c1-32-18-7-12(3-5-16(18)28)24-14-10-35-25(15(14)11-34-24)13-4-6-17(19(8-13)33-2)36-26-23(31)22(30)21(29)20(9-27)37-26/h3-8,14-15,20-31H,9-11H2,1-2H3/t14-,15-,20-,21+,22+,23-,24+,25+,26-/m1/s1. The van der Waals surface area contributed by atoms with Crippen LogP contribution in [0.25, 0.3) is 0 Å². The second kappa shape index (κ2) is 10.6. The van der Waals surface area contributed by atoms with Gasteiger partial charge in [-0.3, -0.25) is 0 Å². The molecule has 0 aliphatic carbocycles. The van der Waals surface area contributed by atoms with Crippen molar-refractivity contribution in [2.45, 2.75) is 42.9 Å². The van der Waals surface area contributed by atoms with Crippen molar-refractivity contribution in [1.29, 1.82) is 0 Å². The Labute approximate surface area is 213 Å². The molecule has 3 aliphatic rings. The number of phenols is 1. The minimum absolute atomic E-state index is 0.0689. The molecule has 3 fully saturated rings. The Hall–Kier alpha value is -2.64. The van der Waals surface area contributed by atoms with Gasteiger partial charge in [-0.15, -0.1) is 0 Å². The molecule has 202 valence electrons. The van der Waals surface area contributed by atoms with Crippen LogP contribution in [0.5, 0.6) is 23.0 Å². The molecular weight excluding hydrogens is 488 g/mol. The smallest absolute Gasteiger partial charge is 0.229 e. The summed E-state index contributed by atoms with van der Waals surface area (Å²) in [5, 5.41) is 49.7. The third kappa shape index (κ3) is 4.72. The molecule has 3 aliphatic heterocycles. The molecule has 9 atom stereocenters. The van der Waals surface area contributed by atoms with E-state index in [1.54, 1.807) is 24.3 Å². The summed E-state index contributed by atoms with van der Waals surface area (Å²) in [4.78, 5) is 0. The zero-order valence-electron chi connectivity index (χ0n) is 20.5. The first-order valence-corrected chi connectivity index (χ1v) is 12.1. The van der Waals surface area contributed by atoms with Crippen molar-refractivity contribution in [3.05, 3.63) is 47.5 Å². The summed E-state index contributed by atoms with van der Waals surface area (Å²) in [6.45, 7) is 0.436. The van der Waals surface area contributed by atoms with Gasteiger partial charge in [0, 0.05) is 11.8 Å². The fraction of sp³-hybridized carbons (Fsp3) is 0.538. The molecule has 11 nitrogen and oxygen atoms in total. The lowest BCUT2D eigenvalue weighted by molar-refractivity contribution is -0.277. The van der Waals surface area contributed by atoms with E-state index in [-0.39, 0.29) is 35.5 Å². The maximum Gasteiger partial charge on any atom is 0.229 e. The molecule has 11 heteroatoms. The minimum atomic E-state index is -1.55. The van der Waals surface area contributed by atoms with E-state index < -0.39 is 37.3 Å². The Kier molecular flexibility index (Phi) is 7.46. The zero-order valence-corrected chi connectivity index (χ0v) is 20.5. The van der Waals surface area contributed by atoms with Crippen molar-refractivity contribution in [2.75, 3.05) is 34.0 Å². The highest BCUT2D eigenvalue weighted by Crippen LogP contribution is 2.51. The summed E-state index contributed by atoms with van der Waals surface area (Å²) in [5.74, 6) is 1.27. The molecule has 0 radical (unpaired) electrons. The molecule has 0 unspecified atom stereocenters. The summed E-state index contributed by atoms with van der Waals surface area (Å²) in [6.07, 6.45) is -7.41. The van der Waals surface area contributed by atoms with Crippen molar-refractivity contribution < 1.29 is 54.0 Å². The van der Waals surface area contributed by atoms with E-state index in [2.05, 4.69) is 0 Å². The van der Waals surface area contributed by atoms with Crippen molar-refractivity contribution in [3.63, 3.8) is 0 Å². The highest BCUT2D eigenvalue weighted by atomic mass is 16.7. The van der Waals surface area contributed by atoms with Crippen LogP contribution in [0, 0.1) is 11.8 Å². The van der Waals surface area contributed by atoms with Crippen molar-refractivity contribution in [2.24, 2.45) is 11.8 Å². The van der Waals surface area contributed by atoms with Gasteiger partial charge in [-0.1, -0.05) is 12.1 Å². The lowest BCUT2D eigenvalue weighted by Gasteiger charge is -2.39. The Morgan fingerprint density at radius 2 is 1.38 bits per heavy atom. The third-order valence-corrected chi connectivity index (χ3v) is 7.40. The third-order valence-electron chi connectivity index (χ3n) is 7.40. The van der Waals surface area contributed by atoms with Gasteiger partial charge in [0.25, 0.3) is 0 Å². The Morgan fingerprint density at radius 1 is 0.784 bits per heavy atom. The van der Waals surface area contributed by atoms with Crippen molar-refractivity contribution >= 4 is 0 Å². The number of hydrogen-bond acceptors (Lipinski definition) is 11. The first-order chi connectivity index (χ1) is 17.9. The van der Waals surface area contributed by atoms with Gasteiger partial charge in [-0.05, 0) is 35.4 Å². The van der Waals surface area contributed by atoms with Gasteiger partial charge in [-0.2, -0.15) is 0 Å². The van der Waals surface area contributed by atoms with Gasteiger partial charge >= 0.3 is 0 Å². The lowest BCUT2D eigenvalue weighted by Crippen LogP contribution is -2.60. The minimum Gasteiger partial charge on any atom is -0.504 e. The normalized spacial score (nSPS) is 35.2. The molecule has 0 amide bonds. The number of hydrogen-bond donors (Lipinski definition) is 5. The van der Waals surface area contributed by atoms with Crippen molar-refractivity contribution in [3.8, 4) is 23.0 Å². The van der Waals surface area contributed by atoms with Crippen LogP contribution in [0.3, 0.4) is 0 Å². The largest absolute Gasteiger partial charge is 0.504 e. The second-order valence-electron chi connectivity index (χ2n) is 9.49. The summed E-state index contributed by atoms with van der Waals surface area (Å²) < 4.78 is 34.3. The Bertz CT molecular complexity index is 1090. The lowest BCUT2D eigenvalue weighted by atomic mass is 9.85. The van der Waals surface area contributed by atoms with Gasteiger partial charge in [0.15, 0.2) is 23.0 Å². The number of aromatic hydroxyl groups is 1. The summed E-state index contributed by atoms with van der Waals surface area (Å²) in [5.41, 5.74) is 1.77. The fourth-order valence-electron chi connectivity index (χ4n) is 5.35. The van der Waals surface area contributed by atoms with Crippen LogP contribution in [0.2, 0.25) is 0 Å². The van der Waals surface area contributed by atoms with Crippen LogP contribution < -0.4 is 14.2 Å². The van der Waals surface area contributed by atoms with E-state index >= 15 is 0 Å². The van der Waals surface area contributed by atoms with Gasteiger partial charge in [0.1, 0.15) is 24.4 Å².